The number of carbonyl (C=O) groups is 1. The van der Waals surface area contributed by atoms with Gasteiger partial charge in [-0.25, -0.2) is 4.39 Å². The number of rotatable bonds is 7. The van der Waals surface area contributed by atoms with E-state index < -0.39 is 0 Å². The number of halogens is 1. The number of alkyl halides is 1. The van der Waals surface area contributed by atoms with Crippen LogP contribution in [0.1, 0.15) is 66.5 Å². The quantitative estimate of drug-likeness (QED) is 0.518. The second kappa shape index (κ2) is 9.93. The number of amides is 1. The Labute approximate surface area is 206 Å². The Balaban J connectivity index is 1.33. The Bertz CT molecular complexity index is 1150. The van der Waals surface area contributed by atoms with Gasteiger partial charge in [0.25, 0.3) is 5.91 Å². The van der Waals surface area contributed by atoms with Crippen LogP contribution in [0.2, 0.25) is 0 Å². The summed E-state index contributed by atoms with van der Waals surface area (Å²) in [5, 5.41) is 15.1. The lowest BCUT2D eigenvalue weighted by Gasteiger charge is -2.36. The lowest BCUT2D eigenvalue weighted by atomic mass is 9.76. The molecule has 0 bridgehead atoms. The number of carbonyl (C=O) groups excluding carboxylic acids is 1. The van der Waals surface area contributed by atoms with E-state index in [-0.39, 0.29) is 24.0 Å². The maximum absolute atomic E-state index is 13.1. The fourth-order valence-electron chi connectivity index (χ4n) is 5.68. The van der Waals surface area contributed by atoms with Crippen LogP contribution in [-0.4, -0.2) is 57.1 Å². The van der Waals surface area contributed by atoms with Gasteiger partial charge in [0.05, 0.1) is 17.9 Å². The molecule has 3 heterocycles. The van der Waals surface area contributed by atoms with Gasteiger partial charge < -0.3 is 10.2 Å². The highest BCUT2D eigenvalue weighted by Gasteiger charge is 2.32. The van der Waals surface area contributed by atoms with Crippen LogP contribution < -0.4 is 5.32 Å². The minimum atomic E-state index is -0.300. The van der Waals surface area contributed by atoms with Gasteiger partial charge in [0.2, 0.25) is 0 Å². The van der Waals surface area contributed by atoms with Gasteiger partial charge in [-0.15, -0.1) is 0 Å². The van der Waals surface area contributed by atoms with Gasteiger partial charge >= 0.3 is 0 Å². The molecular formula is C27H35FN6O. The number of H-pyrrole nitrogens is 1. The number of hydrogen-bond acceptors (Lipinski definition) is 4. The van der Waals surface area contributed by atoms with E-state index in [0.29, 0.717) is 23.8 Å². The molecule has 3 aromatic rings. The average molecular weight is 479 g/mol. The number of fused-ring (bicyclic) bond motifs is 1. The van der Waals surface area contributed by atoms with Crippen molar-refractivity contribution in [3.8, 4) is 0 Å². The first-order chi connectivity index (χ1) is 16.9. The van der Waals surface area contributed by atoms with E-state index in [9.17, 15) is 9.18 Å². The highest BCUT2D eigenvalue weighted by molar-refractivity contribution is 6.03. The molecule has 186 valence electrons. The van der Waals surface area contributed by atoms with Crippen molar-refractivity contribution in [3.05, 3.63) is 65.2 Å². The number of benzene rings is 1. The van der Waals surface area contributed by atoms with Gasteiger partial charge in [0, 0.05) is 24.0 Å². The Morgan fingerprint density at radius 1 is 1.26 bits per heavy atom. The van der Waals surface area contributed by atoms with Crippen LogP contribution in [0.5, 0.6) is 0 Å². The monoisotopic (exact) mass is 478 g/mol. The fourth-order valence-corrected chi connectivity index (χ4v) is 5.68. The zero-order chi connectivity index (χ0) is 24.4. The van der Waals surface area contributed by atoms with Gasteiger partial charge in [-0.1, -0.05) is 44.2 Å². The summed E-state index contributed by atoms with van der Waals surface area (Å²) in [5.74, 6) is 0.191. The van der Waals surface area contributed by atoms with Gasteiger partial charge in [0.15, 0.2) is 5.69 Å². The van der Waals surface area contributed by atoms with Crippen molar-refractivity contribution in [1.82, 2.24) is 24.9 Å². The first-order valence-corrected chi connectivity index (χ1v) is 12.7. The smallest absolute Gasteiger partial charge is 0.276 e. The average Bonchev–Trinajstić information content (AvgIpc) is 3.47. The van der Waals surface area contributed by atoms with E-state index in [2.05, 4.69) is 63.6 Å². The van der Waals surface area contributed by atoms with Crippen molar-refractivity contribution < 1.29 is 9.18 Å². The van der Waals surface area contributed by atoms with Crippen molar-refractivity contribution in [1.29, 1.82) is 0 Å². The summed E-state index contributed by atoms with van der Waals surface area (Å²) < 4.78 is 14.8. The van der Waals surface area contributed by atoms with Crippen molar-refractivity contribution in [2.75, 3.05) is 31.6 Å². The third-order valence-corrected chi connectivity index (χ3v) is 7.64. The summed E-state index contributed by atoms with van der Waals surface area (Å²) in [6, 6.07) is 10.5. The number of nitrogens with zero attached hydrogens (tertiary/aromatic N) is 4. The molecule has 1 aliphatic carbocycles. The van der Waals surface area contributed by atoms with Crippen LogP contribution >= 0.6 is 0 Å². The van der Waals surface area contributed by atoms with Gasteiger partial charge in [0.1, 0.15) is 6.67 Å². The second-order valence-corrected chi connectivity index (χ2v) is 10.8. The van der Waals surface area contributed by atoms with E-state index in [0.717, 1.165) is 56.5 Å². The Morgan fingerprint density at radius 3 is 2.77 bits per heavy atom. The molecule has 5 rings (SSSR count). The highest BCUT2D eigenvalue weighted by Crippen LogP contribution is 2.36. The summed E-state index contributed by atoms with van der Waals surface area (Å²) in [4.78, 5) is 15.3. The number of aromatic amines is 1. The summed E-state index contributed by atoms with van der Waals surface area (Å²) >= 11 is 0. The first kappa shape index (κ1) is 23.7. The molecule has 8 heteroatoms. The second-order valence-electron chi connectivity index (χ2n) is 10.8. The lowest BCUT2D eigenvalue weighted by Crippen LogP contribution is -2.38. The van der Waals surface area contributed by atoms with Crippen molar-refractivity contribution in [2.24, 2.45) is 11.3 Å². The van der Waals surface area contributed by atoms with E-state index in [4.69, 9.17) is 0 Å². The number of piperidine rings is 1. The van der Waals surface area contributed by atoms with Crippen molar-refractivity contribution >= 4 is 11.6 Å². The maximum Gasteiger partial charge on any atom is 0.276 e. The van der Waals surface area contributed by atoms with Crippen LogP contribution in [0, 0.1) is 11.3 Å². The van der Waals surface area contributed by atoms with Crippen molar-refractivity contribution in [3.63, 3.8) is 0 Å². The fraction of sp³-hybridized carbons (Fsp3) is 0.519. The predicted molar refractivity (Wildman–Crippen MR) is 134 cm³/mol. The molecular weight excluding hydrogens is 443 g/mol. The standard InChI is InChI=1S/C27H35FN6O/c1-27(2)11-8-22-23(16-27)31-32-24(22)26(35)30-21-17-29-34(18-21)25(19-6-4-3-5-7-19)20-9-13-33(14-10-20)15-12-28/h3-7,17-18,20,25H,8-16H2,1-2H3,(H,30,35)(H,31,32). The van der Waals surface area contributed by atoms with Crippen LogP contribution in [0.25, 0.3) is 0 Å². The van der Waals surface area contributed by atoms with Gasteiger partial charge in [-0.3, -0.25) is 14.6 Å². The summed E-state index contributed by atoms with van der Waals surface area (Å²) in [6.07, 6.45) is 8.41. The summed E-state index contributed by atoms with van der Waals surface area (Å²) in [7, 11) is 0. The molecule has 0 saturated carbocycles. The Hall–Kier alpha value is -3.00. The number of anilines is 1. The topological polar surface area (TPSA) is 78.8 Å². The molecule has 2 aliphatic rings. The zero-order valence-corrected chi connectivity index (χ0v) is 20.6. The van der Waals surface area contributed by atoms with E-state index >= 15 is 0 Å². The molecule has 1 unspecified atom stereocenters. The third kappa shape index (κ3) is 5.17. The van der Waals surface area contributed by atoms with Crippen LogP contribution in [0.15, 0.2) is 42.7 Å². The summed E-state index contributed by atoms with van der Waals surface area (Å²) in [5.41, 5.74) is 4.69. The minimum Gasteiger partial charge on any atom is -0.318 e. The SMILES string of the molecule is CC1(C)CCc2c(C(=O)Nc3cnn(C(c4ccccc4)C4CCN(CCF)CC4)c3)n[nH]c2C1. The highest BCUT2D eigenvalue weighted by atomic mass is 19.1. The molecule has 2 N–H and O–H groups in total. The minimum absolute atomic E-state index is 0.0646. The molecule has 2 aromatic heterocycles. The van der Waals surface area contributed by atoms with E-state index in [1.54, 1.807) is 6.20 Å². The number of hydrogen-bond donors (Lipinski definition) is 2. The molecule has 1 amide bonds. The van der Waals surface area contributed by atoms with Crippen LogP contribution in [-0.2, 0) is 12.8 Å². The van der Waals surface area contributed by atoms with E-state index in [1.165, 1.54) is 5.56 Å². The predicted octanol–water partition coefficient (Wildman–Crippen LogP) is 4.64. The molecule has 1 aliphatic heterocycles. The first-order valence-electron chi connectivity index (χ1n) is 12.7. The third-order valence-electron chi connectivity index (χ3n) is 7.64. The summed E-state index contributed by atoms with van der Waals surface area (Å²) in [6.45, 7) is 6.49. The molecule has 1 atom stereocenters. The van der Waals surface area contributed by atoms with Crippen LogP contribution in [0.3, 0.4) is 0 Å². The molecule has 0 radical (unpaired) electrons. The number of likely N-dealkylation sites (tertiary alicyclic amines) is 1. The molecule has 1 saturated heterocycles. The number of nitrogens with one attached hydrogen (secondary N) is 2. The largest absolute Gasteiger partial charge is 0.318 e. The zero-order valence-electron chi connectivity index (χ0n) is 20.6. The maximum atomic E-state index is 13.1. The molecule has 1 aromatic carbocycles. The molecule has 0 spiro atoms. The normalized spacial score (nSPS) is 19.3. The molecule has 35 heavy (non-hydrogen) atoms. The lowest BCUT2D eigenvalue weighted by molar-refractivity contribution is 0.102. The molecule has 7 nitrogen and oxygen atoms in total. The Kier molecular flexibility index (Phi) is 6.73. The van der Waals surface area contributed by atoms with Gasteiger partial charge in [-0.05, 0) is 62.1 Å². The van der Waals surface area contributed by atoms with Crippen LogP contribution in [0.4, 0.5) is 10.1 Å². The van der Waals surface area contributed by atoms with Crippen molar-refractivity contribution in [2.45, 2.75) is 52.0 Å². The Morgan fingerprint density at radius 2 is 2.03 bits per heavy atom. The van der Waals surface area contributed by atoms with E-state index in [1.807, 2.05) is 16.9 Å². The van der Waals surface area contributed by atoms with Gasteiger partial charge in [-0.2, -0.15) is 10.2 Å². The molecule has 1 fully saturated rings. The number of aromatic nitrogens is 4.